The van der Waals surface area contributed by atoms with Gasteiger partial charge in [0, 0.05) is 16.2 Å². The number of hydrogen-bond donors (Lipinski definition) is 0. The maximum Gasteiger partial charge on any atom is 0.363 e. The van der Waals surface area contributed by atoms with Gasteiger partial charge in [-0.2, -0.15) is 0 Å². The van der Waals surface area contributed by atoms with Gasteiger partial charge in [-0.3, -0.25) is 0 Å². The Labute approximate surface area is 189 Å². The van der Waals surface area contributed by atoms with Crippen molar-refractivity contribution in [2.75, 3.05) is 19.5 Å². The summed E-state index contributed by atoms with van der Waals surface area (Å²) < 4.78 is 29.6. The highest BCUT2D eigenvalue weighted by molar-refractivity contribution is 7.99. The number of esters is 1. The van der Waals surface area contributed by atoms with Gasteiger partial charge in [-0.05, 0) is 60.2 Å². The van der Waals surface area contributed by atoms with E-state index in [2.05, 4.69) is 17.1 Å². The van der Waals surface area contributed by atoms with E-state index in [1.807, 2.05) is 24.3 Å². The van der Waals surface area contributed by atoms with Crippen molar-refractivity contribution >= 4 is 29.7 Å². The number of carbonyl (C=O) groups is 1. The van der Waals surface area contributed by atoms with Gasteiger partial charge in [0.05, 0.1) is 13.7 Å². The first kappa shape index (κ1) is 21.6. The largest absolute Gasteiger partial charge is 0.493 e. The second-order valence-electron chi connectivity index (χ2n) is 6.76. The molecule has 0 aliphatic carbocycles. The fourth-order valence-corrected chi connectivity index (χ4v) is 3.76. The minimum absolute atomic E-state index is 0.143. The number of hydrogen-bond acceptors (Lipinski definition) is 6. The van der Waals surface area contributed by atoms with Crippen molar-refractivity contribution in [2.45, 2.75) is 4.90 Å². The summed E-state index contributed by atoms with van der Waals surface area (Å²) in [4.78, 5) is 17.6. The molecule has 3 aromatic carbocycles. The first-order valence-electron chi connectivity index (χ1n) is 9.89. The van der Waals surface area contributed by atoms with Crippen LogP contribution in [0.25, 0.3) is 6.08 Å². The summed E-state index contributed by atoms with van der Waals surface area (Å²) in [6.07, 6.45) is 1.61. The number of halogens is 1. The Hall–Kier alpha value is -3.58. The summed E-state index contributed by atoms with van der Waals surface area (Å²) in [6.45, 7) is 0.522. The molecule has 1 aliphatic rings. The average molecular weight is 450 g/mol. The van der Waals surface area contributed by atoms with Crippen LogP contribution < -0.4 is 9.47 Å². The number of carbonyl (C=O) groups excluding carboxylic acids is 1. The third-order valence-corrected chi connectivity index (χ3v) is 5.53. The summed E-state index contributed by atoms with van der Waals surface area (Å²) in [5.74, 6) is 1.17. The number of ether oxygens (including phenoxy) is 3. The van der Waals surface area contributed by atoms with Crippen molar-refractivity contribution < 1.29 is 23.4 Å². The predicted octanol–water partition coefficient (Wildman–Crippen LogP) is 5.35. The molecule has 0 amide bonds. The highest BCUT2D eigenvalue weighted by Crippen LogP contribution is 2.30. The molecule has 0 fully saturated rings. The van der Waals surface area contributed by atoms with Crippen molar-refractivity contribution in [1.82, 2.24) is 0 Å². The van der Waals surface area contributed by atoms with Crippen LogP contribution in [0.4, 0.5) is 4.39 Å². The molecule has 0 N–H and O–H groups in total. The minimum atomic E-state index is -0.568. The number of rotatable bonds is 8. The fourth-order valence-electron chi connectivity index (χ4n) is 3.00. The number of cyclic esters (lactones) is 1. The number of aliphatic imine (C=N–C) groups is 1. The molecular weight excluding hydrogens is 429 g/mol. The van der Waals surface area contributed by atoms with E-state index < -0.39 is 5.97 Å². The highest BCUT2D eigenvalue weighted by Gasteiger charge is 2.24. The highest BCUT2D eigenvalue weighted by atomic mass is 32.2. The molecule has 4 rings (SSSR count). The summed E-state index contributed by atoms with van der Waals surface area (Å²) in [5, 5.41) is 0. The number of methoxy groups -OCH3 is 1. The minimum Gasteiger partial charge on any atom is -0.493 e. The molecule has 5 nitrogen and oxygen atoms in total. The van der Waals surface area contributed by atoms with E-state index in [0.29, 0.717) is 29.2 Å². The maximum absolute atomic E-state index is 13.1. The number of benzene rings is 3. The van der Waals surface area contributed by atoms with Gasteiger partial charge >= 0.3 is 5.97 Å². The van der Waals surface area contributed by atoms with E-state index in [4.69, 9.17) is 14.2 Å². The lowest BCUT2D eigenvalue weighted by Crippen LogP contribution is -2.05. The number of thioether (sulfide) groups is 1. The Morgan fingerprint density at radius 2 is 1.81 bits per heavy atom. The van der Waals surface area contributed by atoms with Gasteiger partial charge in [-0.25, -0.2) is 14.2 Å². The Morgan fingerprint density at radius 1 is 1.03 bits per heavy atom. The van der Waals surface area contributed by atoms with Gasteiger partial charge < -0.3 is 14.2 Å². The van der Waals surface area contributed by atoms with Crippen LogP contribution in [-0.4, -0.2) is 31.3 Å². The van der Waals surface area contributed by atoms with Crippen LogP contribution in [0.5, 0.6) is 11.5 Å². The van der Waals surface area contributed by atoms with Gasteiger partial charge in [-0.1, -0.05) is 24.3 Å². The molecule has 0 aromatic heterocycles. The van der Waals surface area contributed by atoms with Crippen molar-refractivity contribution in [3.05, 3.63) is 95.4 Å². The zero-order chi connectivity index (χ0) is 22.3. The topological polar surface area (TPSA) is 57.1 Å². The monoisotopic (exact) mass is 449 g/mol. The first-order chi connectivity index (χ1) is 15.6. The molecule has 0 radical (unpaired) electrons. The second kappa shape index (κ2) is 10.2. The fraction of sp³-hybridized carbons (Fsp3) is 0.120. The molecule has 0 spiro atoms. The Bertz CT molecular complexity index is 1160. The lowest BCUT2D eigenvalue weighted by molar-refractivity contribution is -0.129. The van der Waals surface area contributed by atoms with Crippen LogP contribution >= 0.6 is 11.8 Å². The molecule has 0 unspecified atom stereocenters. The van der Waals surface area contributed by atoms with E-state index in [0.717, 1.165) is 5.75 Å². The quantitative estimate of drug-likeness (QED) is 0.201. The van der Waals surface area contributed by atoms with Crippen LogP contribution in [-0.2, 0) is 9.53 Å². The van der Waals surface area contributed by atoms with Gasteiger partial charge in [0.15, 0.2) is 17.2 Å². The Kier molecular flexibility index (Phi) is 6.87. The van der Waals surface area contributed by atoms with E-state index >= 15 is 0 Å². The smallest absolute Gasteiger partial charge is 0.363 e. The summed E-state index contributed by atoms with van der Waals surface area (Å²) in [6, 6.07) is 21.1. The Morgan fingerprint density at radius 3 is 2.56 bits per heavy atom. The van der Waals surface area contributed by atoms with Crippen molar-refractivity contribution in [2.24, 2.45) is 4.99 Å². The zero-order valence-electron chi connectivity index (χ0n) is 17.3. The standard InChI is InChI=1S/C25H20FNO4S/c1-29-23-16-17(7-12-22(23)30-13-14-32-20-5-3-2-4-6-20)15-21-25(28)31-24(27-21)18-8-10-19(26)11-9-18/h2-12,15-16H,13-14H2,1H3/b21-15+. The van der Waals surface area contributed by atoms with Crippen molar-refractivity contribution in [3.8, 4) is 11.5 Å². The van der Waals surface area contributed by atoms with E-state index in [-0.39, 0.29) is 17.4 Å². The molecule has 32 heavy (non-hydrogen) atoms. The second-order valence-corrected chi connectivity index (χ2v) is 7.93. The molecule has 1 heterocycles. The molecule has 162 valence electrons. The van der Waals surface area contributed by atoms with Crippen LogP contribution in [0.3, 0.4) is 0 Å². The average Bonchev–Trinajstić information content (AvgIpc) is 3.18. The molecule has 1 aliphatic heterocycles. The van der Waals surface area contributed by atoms with Crippen LogP contribution in [0.1, 0.15) is 11.1 Å². The summed E-state index contributed by atoms with van der Waals surface area (Å²) in [7, 11) is 1.56. The zero-order valence-corrected chi connectivity index (χ0v) is 18.1. The van der Waals surface area contributed by atoms with E-state index in [1.54, 1.807) is 37.1 Å². The number of nitrogens with zero attached hydrogens (tertiary/aromatic N) is 1. The normalized spacial score (nSPS) is 14.2. The van der Waals surface area contributed by atoms with Gasteiger partial charge in [0.1, 0.15) is 5.82 Å². The Balaban J connectivity index is 1.43. The summed E-state index contributed by atoms with van der Waals surface area (Å²) in [5.41, 5.74) is 1.39. The van der Waals surface area contributed by atoms with Crippen LogP contribution in [0, 0.1) is 5.82 Å². The van der Waals surface area contributed by atoms with Crippen molar-refractivity contribution in [3.63, 3.8) is 0 Å². The van der Waals surface area contributed by atoms with Gasteiger partial charge in [0.2, 0.25) is 5.90 Å². The molecule has 0 atom stereocenters. The third-order valence-electron chi connectivity index (χ3n) is 4.56. The molecular formula is C25H20FNO4S. The van der Waals surface area contributed by atoms with Gasteiger partial charge in [0.25, 0.3) is 0 Å². The van der Waals surface area contributed by atoms with Crippen LogP contribution in [0.15, 0.2) is 88.4 Å². The first-order valence-corrected chi connectivity index (χ1v) is 10.9. The summed E-state index contributed by atoms with van der Waals surface area (Å²) >= 11 is 1.71. The maximum atomic E-state index is 13.1. The van der Waals surface area contributed by atoms with Gasteiger partial charge in [-0.15, -0.1) is 11.8 Å². The lowest BCUT2D eigenvalue weighted by Gasteiger charge is -2.11. The SMILES string of the molecule is COc1cc(/C=C2/N=C(c3ccc(F)cc3)OC2=O)ccc1OCCSc1ccccc1. The predicted molar refractivity (Wildman–Crippen MR) is 123 cm³/mol. The van der Waals surface area contributed by atoms with Crippen molar-refractivity contribution in [1.29, 1.82) is 0 Å². The molecule has 0 bridgehead atoms. The molecule has 0 saturated carbocycles. The lowest BCUT2D eigenvalue weighted by atomic mass is 10.1. The van der Waals surface area contributed by atoms with E-state index in [9.17, 15) is 9.18 Å². The van der Waals surface area contributed by atoms with E-state index in [1.165, 1.54) is 29.2 Å². The van der Waals surface area contributed by atoms with Crippen LogP contribution in [0.2, 0.25) is 0 Å². The molecule has 0 saturated heterocycles. The molecule has 3 aromatic rings. The third kappa shape index (κ3) is 5.36. The molecule has 7 heteroatoms.